The maximum absolute atomic E-state index is 12.3. The topological polar surface area (TPSA) is 81.1 Å². The number of hydrogen-bond acceptors (Lipinski definition) is 3. The number of aliphatic hydroxyl groups excluding tert-OH is 1. The Labute approximate surface area is 115 Å². The minimum Gasteiger partial charge on any atom is -0.481 e. The molecule has 0 bridgehead atoms. The van der Waals surface area contributed by atoms with E-state index in [2.05, 4.69) is 0 Å². The van der Waals surface area contributed by atoms with E-state index in [1.54, 1.807) is 9.80 Å². The fourth-order valence-corrected chi connectivity index (χ4v) is 1.85. The lowest BCUT2D eigenvalue weighted by atomic mass is 10.2. The molecular formula is C13H26N2O4. The smallest absolute Gasteiger partial charge is 0.320 e. The van der Waals surface area contributed by atoms with Crippen molar-refractivity contribution < 1.29 is 19.8 Å². The zero-order valence-corrected chi connectivity index (χ0v) is 12.1. The third-order valence-electron chi connectivity index (χ3n) is 2.79. The van der Waals surface area contributed by atoms with Crippen LogP contribution in [0.3, 0.4) is 0 Å². The fraction of sp³-hybridized carbons (Fsp3) is 0.846. The summed E-state index contributed by atoms with van der Waals surface area (Å²) in [6.45, 7) is 7.06. The van der Waals surface area contributed by atoms with Gasteiger partial charge in [0.15, 0.2) is 0 Å². The Bertz CT molecular complexity index is 276. The van der Waals surface area contributed by atoms with Crippen molar-refractivity contribution in [1.82, 2.24) is 9.80 Å². The Kier molecular flexibility index (Phi) is 8.95. The number of carboxylic acids is 1. The van der Waals surface area contributed by atoms with Gasteiger partial charge >= 0.3 is 12.0 Å². The molecule has 0 aromatic carbocycles. The summed E-state index contributed by atoms with van der Waals surface area (Å²) in [6, 6.07) is -0.115. The number of nitrogens with zero attached hydrogens (tertiary/aromatic N) is 2. The number of carbonyl (C=O) groups excluding carboxylic acids is 1. The van der Waals surface area contributed by atoms with Crippen molar-refractivity contribution in [3.8, 4) is 0 Å². The van der Waals surface area contributed by atoms with Gasteiger partial charge in [-0.1, -0.05) is 6.92 Å². The normalized spacial score (nSPS) is 10.6. The van der Waals surface area contributed by atoms with Crippen molar-refractivity contribution >= 4 is 12.0 Å². The molecule has 2 amide bonds. The number of urea groups is 1. The van der Waals surface area contributed by atoms with Crippen LogP contribution >= 0.6 is 0 Å². The molecule has 0 fully saturated rings. The summed E-state index contributed by atoms with van der Waals surface area (Å²) in [7, 11) is 0. The summed E-state index contributed by atoms with van der Waals surface area (Å²) in [6.07, 6.45) is 1.33. The molecule has 0 aliphatic rings. The largest absolute Gasteiger partial charge is 0.481 e. The molecule has 0 aliphatic heterocycles. The van der Waals surface area contributed by atoms with Crippen LogP contribution in [0.4, 0.5) is 4.79 Å². The Morgan fingerprint density at radius 3 is 2.21 bits per heavy atom. The van der Waals surface area contributed by atoms with Crippen LogP contribution in [0.1, 0.15) is 40.0 Å². The zero-order valence-electron chi connectivity index (χ0n) is 12.1. The van der Waals surface area contributed by atoms with Crippen LogP contribution in [-0.2, 0) is 4.79 Å². The molecule has 0 unspecified atom stereocenters. The van der Waals surface area contributed by atoms with E-state index in [0.29, 0.717) is 26.1 Å². The second-order valence-electron chi connectivity index (χ2n) is 4.78. The van der Waals surface area contributed by atoms with Gasteiger partial charge in [-0.2, -0.15) is 0 Å². The van der Waals surface area contributed by atoms with Gasteiger partial charge in [0.2, 0.25) is 0 Å². The fourth-order valence-electron chi connectivity index (χ4n) is 1.85. The van der Waals surface area contributed by atoms with Gasteiger partial charge in [0.25, 0.3) is 0 Å². The summed E-state index contributed by atoms with van der Waals surface area (Å²) in [5.41, 5.74) is 0. The number of hydrogen-bond donors (Lipinski definition) is 2. The van der Waals surface area contributed by atoms with Crippen molar-refractivity contribution in [2.75, 3.05) is 26.2 Å². The van der Waals surface area contributed by atoms with E-state index < -0.39 is 5.97 Å². The first-order chi connectivity index (χ1) is 8.93. The quantitative estimate of drug-likeness (QED) is 0.665. The van der Waals surface area contributed by atoms with Crippen molar-refractivity contribution in [2.24, 2.45) is 0 Å². The Hall–Kier alpha value is -1.30. The second-order valence-corrected chi connectivity index (χ2v) is 4.78. The average Bonchev–Trinajstić information content (AvgIpc) is 2.33. The summed E-state index contributed by atoms with van der Waals surface area (Å²) in [5.74, 6) is -0.850. The minimum atomic E-state index is -0.850. The van der Waals surface area contributed by atoms with Crippen molar-refractivity contribution in [1.29, 1.82) is 0 Å². The molecule has 19 heavy (non-hydrogen) atoms. The molecule has 0 aromatic heterocycles. The second kappa shape index (κ2) is 9.61. The lowest BCUT2D eigenvalue weighted by Crippen LogP contribution is -2.48. The van der Waals surface area contributed by atoms with E-state index in [1.807, 2.05) is 20.8 Å². The highest BCUT2D eigenvalue weighted by Gasteiger charge is 2.22. The van der Waals surface area contributed by atoms with Gasteiger partial charge in [-0.3, -0.25) is 4.79 Å². The van der Waals surface area contributed by atoms with E-state index in [-0.39, 0.29) is 25.1 Å². The summed E-state index contributed by atoms with van der Waals surface area (Å²) >= 11 is 0. The van der Waals surface area contributed by atoms with Crippen molar-refractivity contribution in [3.05, 3.63) is 0 Å². The number of aliphatic hydroxyl groups is 1. The van der Waals surface area contributed by atoms with Crippen LogP contribution in [0.5, 0.6) is 0 Å². The first kappa shape index (κ1) is 17.7. The molecule has 0 atom stereocenters. The number of aliphatic carboxylic acids is 1. The van der Waals surface area contributed by atoms with Crippen molar-refractivity contribution in [3.63, 3.8) is 0 Å². The highest BCUT2D eigenvalue weighted by Crippen LogP contribution is 2.08. The molecule has 0 spiro atoms. The highest BCUT2D eigenvalue weighted by molar-refractivity contribution is 5.75. The lowest BCUT2D eigenvalue weighted by molar-refractivity contribution is -0.137. The molecule has 0 heterocycles. The molecule has 2 N–H and O–H groups in total. The van der Waals surface area contributed by atoms with E-state index >= 15 is 0 Å². The maximum atomic E-state index is 12.3. The molecule has 6 nitrogen and oxygen atoms in total. The minimum absolute atomic E-state index is 0.0133. The third kappa shape index (κ3) is 7.00. The zero-order chi connectivity index (χ0) is 14.8. The molecule has 112 valence electrons. The average molecular weight is 274 g/mol. The van der Waals surface area contributed by atoms with Gasteiger partial charge in [-0.05, 0) is 26.7 Å². The van der Waals surface area contributed by atoms with Crippen LogP contribution < -0.4 is 0 Å². The van der Waals surface area contributed by atoms with Gasteiger partial charge in [-0.25, -0.2) is 4.79 Å². The van der Waals surface area contributed by atoms with Gasteiger partial charge in [0, 0.05) is 32.1 Å². The molecule has 0 saturated carbocycles. The van der Waals surface area contributed by atoms with E-state index in [4.69, 9.17) is 10.2 Å². The predicted octanol–water partition coefficient (Wildman–Crippen LogP) is 1.39. The number of carboxylic acid groups (broad SMARTS) is 1. The standard InChI is InChI=1S/C13H26N2O4/c1-4-7-14(9-10-16)13(19)15(11(2)3)8-5-6-12(17)18/h11,16H,4-10H2,1-3H3,(H,17,18). The van der Waals surface area contributed by atoms with Crippen LogP contribution in [0, 0.1) is 0 Å². The van der Waals surface area contributed by atoms with Crippen LogP contribution in [0.15, 0.2) is 0 Å². The Balaban J connectivity index is 4.55. The van der Waals surface area contributed by atoms with E-state index in [1.165, 1.54) is 0 Å². The number of carbonyl (C=O) groups is 2. The van der Waals surface area contributed by atoms with Gasteiger partial charge in [0.05, 0.1) is 6.61 Å². The first-order valence-corrected chi connectivity index (χ1v) is 6.82. The highest BCUT2D eigenvalue weighted by atomic mass is 16.4. The lowest BCUT2D eigenvalue weighted by Gasteiger charge is -2.33. The van der Waals surface area contributed by atoms with Crippen molar-refractivity contribution in [2.45, 2.75) is 46.1 Å². The summed E-state index contributed by atoms with van der Waals surface area (Å²) in [4.78, 5) is 26.1. The third-order valence-corrected chi connectivity index (χ3v) is 2.79. The SMILES string of the molecule is CCCN(CCO)C(=O)N(CCCC(=O)O)C(C)C. The summed E-state index contributed by atoms with van der Waals surface area (Å²) in [5, 5.41) is 17.6. The molecule has 0 radical (unpaired) electrons. The maximum Gasteiger partial charge on any atom is 0.320 e. The van der Waals surface area contributed by atoms with Crippen LogP contribution in [-0.4, -0.2) is 64.3 Å². The van der Waals surface area contributed by atoms with Crippen LogP contribution in [0.2, 0.25) is 0 Å². The molecule has 0 rings (SSSR count). The molecule has 0 saturated heterocycles. The van der Waals surface area contributed by atoms with Gasteiger partial charge < -0.3 is 20.0 Å². The molecule has 6 heteroatoms. The first-order valence-electron chi connectivity index (χ1n) is 6.82. The van der Waals surface area contributed by atoms with Gasteiger partial charge in [0.1, 0.15) is 0 Å². The monoisotopic (exact) mass is 274 g/mol. The molecule has 0 aliphatic carbocycles. The number of rotatable bonds is 9. The molecular weight excluding hydrogens is 248 g/mol. The molecule has 0 aromatic rings. The number of amides is 2. The van der Waals surface area contributed by atoms with E-state index in [9.17, 15) is 9.59 Å². The van der Waals surface area contributed by atoms with Crippen LogP contribution in [0.25, 0.3) is 0 Å². The predicted molar refractivity (Wildman–Crippen MR) is 73.1 cm³/mol. The Morgan fingerprint density at radius 1 is 1.16 bits per heavy atom. The summed E-state index contributed by atoms with van der Waals surface area (Å²) < 4.78 is 0. The van der Waals surface area contributed by atoms with Gasteiger partial charge in [-0.15, -0.1) is 0 Å². The Morgan fingerprint density at radius 2 is 1.79 bits per heavy atom. The van der Waals surface area contributed by atoms with E-state index in [0.717, 1.165) is 6.42 Å².